The Kier molecular flexibility index (Phi) is 4.90. The molecule has 5 heteroatoms. The summed E-state index contributed by atoms with van der Waals surface area (Å²) in [6.07, 6.45) is 1.51. The van der Waals surface area contributed by atoms with Crippen molar-refractivity contribution in [2.45, 2.75) is 0 Å². The molecular formula is C12H12BrNO3. The van der Waals surface area contributed by atoms with Gasteiger partial charge in [-0.2, -0.15) is 0 Å². The molecule has 1 amide bonds. The Morgan fingerprint density at radius 1 is 1.53 bits per heavy atom. The number of ether oxygens (including phenoxy) is 1. The van der Waals surface area contributed by atoms with Gasteiger partial charge in [-0.3, -0.25) is 9.59 Å². The molecule has 0 aliphatic heterocycles. The van der Waals surface area contributed by atoms with Crippen LogP contribution in [0, 0.1) is 0 Å². The Bertz CT molecular complexity index is 457. The summed E-state index contributed by atoms with van der Waals surface area (Å²) in [6.45, 7) is 3.72. The molecule has 1 rings (SSSR count). The lowest BCUT2D eigenvalue weighted by Gasteiger charge is -2.05. The Hall–Kier alpha value is -1.62. The van der Waals surface area contributed by atoms with Gasteiger partial charge in [0.1, 0.15) is 5.75 Å². The normalized spacial score (nSPS) is 9.53. The third-order valence-electron chi connectivity index (χ3n) is 2.03. The quantitative estimate of drug-likeness (QED) is 0.513. The number of ketones is 1. The van der Waals surface area contributed by atoms with Gasteiger partial charge in [0.25, 0.3) is 5.91 Å². The van der Waals surface area contributed by atoms with E-state index >= 15 is 0 Å². The molecule has 0 aromatic heterocycles. The second kappa shape index (κ2) is 6.20. The molecule has 0 radical (unpaired) electrons. The fourth-order valence-corrected chi connectivity index (χ4v) is 1.72. The first-order valence-corrected chi connectivity index (χ1v) is 5.66. The molecule has 0 aliphatic rings. The molecule has 1 N–H and O–H groups in total. The molecule has 90 valence electrons. The van der Waals surface area contributed by atoms with Gasteiger partial charge >= 0.3 is 0 Å². The SMILES string of the molecule is C=CCNC(=O)C(=O)c1ccc(OC)c(Br)c1. The van der Waals surface area contributed by atoms with Crippen LogP contribution in [-0.2, 0) is 4.79 Å². The molecule has 0 spiro atoms. The summed E-state index contributed by atoms with van der Waals surface area (Å²) < 4.78 is 5.66. The molecule has 1 aromatic rings. The van der Waals surface area contributed by atoms with E-state index in [2.05, 4.69) is 27.8 Å². The minimum absolute atomic E-state index is 0.266. The fraction of sp³-hybridized carbons (Fsp3) is 0.167. The number of nitrogens with one attached hydrogen (secondary N) is 1. The van der Waals surface area contributed by atoms with Crippen molar-refractivity contribution in [2.24, 2.45) is 0 Å². The van der Waals surface area contributed by atoms with E-state index in [1.807, 2.05) is 0 Å². The standard InChI is InChI=1S/C12H12BrNO3/c1-3-6-14-12(16)11(15)8-4-5-10(17-2)9(13)7-8/h3-5,7H,1,6H2,2H3,(H,14,16). The molecule has 17 heavy (non-hydrogen) atoms. The Labute approximate surface area is 108 Å². The molecule has 0 bridgehead atoms. The van der Waals surface area contributed by atoms with Crippen LogP contribution in [0.5, 0.6) is 5.75 Å². The smallest absolute Gasteiger partial charge is 0.292 e. The maximum atomic E-state index is 11.7. The van der Waals surface area contributed by atoms with Crippen molar-refractivity contribution in [3.05, 3.63) is 40.9 Å². The molecule has 1 aromatic carbocycles. The average Bonchev–Trinajstić information content (AvgIpc) is 2.34. The Balaban J connectivity index is 2.86. The van der Waals surface area contributed by atoms with Crippen LogP contribution in [0.3, 0.4) is 0 Å². The molecule has 0 aliphatic carbocycles. The molecule has 4 nitrogen and oxygen atoms in total. The van der Waals surface area contributed by atoms with E-state index in [4.69, 9.17) is 4.74 Å². The highest BCUT2D eigenvalue weighted by molar-refractivity contribution is 9.10. The van der Waals surface area contributed by atoms with E-state index in [0.29, 0.717) is 15.8 Å². The fourth-order valence-electron chi connectivity index (χ4n) is 1.18. The van der Waals surface area contributed by atoms with Crippen molar-refractivity contribution >= 4 is 27.6 Å². The van der Waals surface area contributed by atoms with Crippen molar-refractivity contribution in [1.29, 1.82) is 0 Å². The van der Waals surface area contributed by atoms with Gasteiger partial charge < -0.3 is 10.1 Å². The van der Waals surface area contributed by atoms with Crippen LogP contribution in [0.1, 0.15) is 10.4 Å². The molecular weight excluding hydrogens is 286 g/mol. The van der Waals surface area contributed by atoms with Gasteiger partial charge in [-0.25, -0.2) is 0 Å². The number of carbonyl (C=O) groups excluding carboxylic acids is 2. The van der Waals surface area contributed by atoms with Crippen LogP contribution < -0.4 is 10.1 Å². The minimum Gasteiger partial charge on any atom is -0.496 e. The Morgan fingerprint density at radius 3 is 2.76 bits per heavy atom. The number of amides is 1. The summed E-state index contributed by atoms with van der Waals surface area (Å²) in [7, 11) is 1.53. The average molecular weight is 298 g/mol. The predicted molar refractivity (Wildman–Crippen MR) is 68.2 cm³/mol. The van der Waals surface area contributed by atoms with Crippen molar-refractivity contribution in [3.63, 3.8) is 0 Å². The number of hydrogen-bond acceptors (Lipinski definition) is 3. The number of halogens is 1. The van der Waals surface area contributed by atoms with Crippen LogP contribution in [0.4, 0.5) is 0 Å². The van der Waals surface area contributed by atoms with Gasteiger partial charge in [0, 0.05) is 12.1 Å². The lowest BCUT2D eigenvalue weighted by molar-refractivity contribution is -0.116. The minimum atomic E-state index is -0.651. The molecule has 0 unspecified atom stereocenters. The van der Waals surface area contributed by atoms with Crippen LogP contribution in [0.2, 0.25) is 0 Å². The summed E-state index contributed by atoms with van der Waals surface area (Å²) in [5.41, 5.74) is 0.305. The largest absolute Gasteiger partial charge is 0.496 e. The highest BCUT2D eigenvalue weighted by Gasteiger charge is 2.16. The van der Waals surface area contributed by atoms with Crippen LogP contribution in [0.25, 0.3) is 0 Å². The highest BCUT2D eigenvalue weighted by atomic mass is 79.9. The van der Waals surface area contributed by atoms with Crippen LogP contribution in [0.15, 0.2) is 35.3 Å². The number of Topliss-reactive ketones (excluding diaryl/α,β-unsaturated/α-hetero) is 1. The summed E-state index contributed by atoms with van der Waals surface area (Å²) in [5, 5.41) is 2.43. The zero-order valence-electron chi connectivity index (χ0n) is 9.33. The maximum absolute atomic E-state index is 11.7. The molecule has 0 fully saturated rings. The number of rotatable bonds is 5. The van der Waals surface area contributed by atoms with Crippen LogP contribution >= 0.6 is 15.9 Å². The third kappa shape index (κ3) is 3.42. The molecule has 0 atom stereocenters. The first-order valence-electron chi connectivity index (χ1n) is 4.87. The van der Waals surface area contributed by atoms with Gasteiger partial charge in [0.05, 0.1) is 11.6 Å². The molecule has 0 saturated heterocycles. The second-order valence-corrected chi connectivity index (χ2v) is 4.03. The van der Waals surface area contributed by atoms with E-state index in [9.17, 15) is 9.59 Å². The first kappa shape index (κ1) is 13.4. The monoisotopic (exact) mass is 297 g/mol. The lowest BCUT2D eigenvalue weighted by Crippen LogP contribution is -2.31. The van der Waals surface area contributed by atoms with Crippen molar-refractivity contribution in [3.8, 4) is 5.75 Å². The number of hydrogen-bond donors (Lipinski definition) is 1. The topological polar surface area (TPSA) is 55.4 Å². The van der Waals surface area contributed by atoms with E-state index in [-0.39, 0.29) is 6.54 Å². The summed E-state index contributed by atoms with van der Waals surface area (Å²) in [6, 6.07) is 4.71. The van der Waals surface area contributed by atoms with Crippen molar-refractivity contribution in [1.82, 2.24) is 5.32 Å². The van der Waals surface area contributed by atoms with Crippen LogP contribution in [-0.4, -0.2) is 25.3 Å². The zero-order chi connectivity index (χ0) is 12.8. The molecule has 0 saturated carbocycles. The van der Waals surface area contributed by atoms with E-state index < -0.39 is 11.7 Å². The van der Waals surface area contributed by atoms with E-state index in [1.165, 1.54) is 13.2 Å². The summed E-state index contributed by atoms with van der Waals surface area (Å²) in [5.74, 6) is -0.634. The van der Waals surface area contributed by atoms with Crippen molar-refractivity contribution < 1.29 is 14.3 Å². The lowest BCUT2D eigenvalue weighted by atomic mass is 10.1. The van der Waals surface area contributed by atoms with Gasteiger partial charge in [-0.1, -0.05) is 6.08 Å². The van der Waals surface area contributed by atoms with Gasteiger partial charge in [0.2, 0.25) is 5.78 Å². The van der Waals surface area contributed by atoms with E-state index in [0.717, 1.165) is 0 Å². The number of carbonyl (C=O) groups is 2. The molecule has 0 heterocycles. The maximum Gasteiger partial charge on any atom is 0.292 e. The zero-order valence-corrected chi connectivity index (χ0v) is 10.9. The number of benzene rings is 1. The third-order valence-corrected chi connectivity index (χ3v) is 2.65. The summed E-state index contributed by atoms with van der Waals surface area (Å²) in [4.78, 5) is 23.1. The van der Waals surface area contributed by atoms with Gasteiger partial charge in [-0.05, 0) is 34.1 Å². The second-order valence-electron chi connectivity index (χ2n) is 3.18. The van der Waals surface area contributed by atoms with Gasteiger partial charge in [-0.15, -0.1) is 6.58 Å². The Morgan fingerprint density at radius 2 is 2.24 bits per heavy atom. The number of methoxy groups -OCH3 is 1. The first-order chi connectivity index (χ1) is 8.10. The highest BCUT2D eigenvalue weighted by Crippen LogP contribution is 2.25. The van der Waals surface area contributed by atoms with Gasteiger partial charge in [0.15, 0.2) is 0 Å². The van der Waals surface area contributed by atoms with E-state index in [1.54, 1.807) is 18.2 Å². The van der Waals surface area contributed by atoms with Crippen molar-refractivity contribution in [2.75, 3.05) is 13.7 Å². The predicted octanol–water partition coefficient (Wildman–Crippen LogP) is 1.94. The summed E-state index contributed by atoms with van der Waals surface area (Å²) >= 11 is 3.25.